The lowest BCUT2D eigenvalue weighted by Gasteiger charge is -2.26. The Kier molecular flexibility index (Phi) is 12.2. The number of hydrogen-bond donors (Lipinski definition) is 3. The van der Waals surface area contributed by atoms with Gasteiger partial charge < -0.3 is 30.9 Å². The van der Waals surface area contributed by atoms with E-state index in [1.165, 1.54) is 0 Å². The van der Waals surface area contributed by atoms with E-state index in [0.717, 1.165) is 18.9 Å². The van der Waals surface area contributed by atoms with Gasteiger partial charge in [0.25, 0.3) is 0 Å². The topological polar surface area (TPSA) is 115 Å². The summed E-state index contributed by atoms with van der Waals surface area (Å²) in [5.74, 6) is 0. The Morgan fingerprint density at radius 2 is 1.53 bits per heavy atom. The average molecular weight is 239 g/mol. The normalized spacial score (nSPS) is 11.2. The molecule has 0 amide bonds. The molecule has 0 radical (unpaired) electrons. The van der Waals surface area contributed by atoms with Crippen molar-refractivity contribution in [2.75, 3.05) is 33.9 Å². The maximum atomic E-state index is 5.63. The van der Waals surface area contributed by atoms with Crippen molar-refractivity contribution in [1.29, 1.82) is 0 Å². The van der Waals surface area contributed by atoms with Gasteiger partial charge >= 0.3 is 8.80 Å². The standard InChI is InChI=1S/C8H22N2O3Si.H3N/c1-11-14(12-2,8-4-6-10)13-7-3-5-9;/h3-10H2,1-2H3;1H3. The minimum Gasteiger partial charge on any atom is -0.377 e. The van der Waals surface area contributed by atoms with Gasteiger partial charge in [-0.05, 0) is 25.9 Å². The van der Waals surface area contributed by atoms with Gasteiger partial charge in [-0.25, -0.2) is 0 Å². The maximum Gasteiger partial charge on any atom is 0.500 e. The first-order chi connectivity index (χ1) is 6.74. The molecule has 0 atom stereocenters. The van der Waals surface area contributed by atoms with E-state index >= 15 is 0 Å². The van der Waals surface area contributed by atoms with Crippen LogP contribution in [0.3, 0.4) is 0 Å². The van der Waals surface area contributed by atoms with Gasteiger partial charge in [0.15, 0.2) is 0 Å². The SMILES string of the molecule is CO[Si](CCCN)(OC)OCCCN.N. The molecule has 0 unspecified atom stereocenters. The lowest BCUT2D eigenvalue weighted by molar-refractivity contribution is 0.0973. The van der Waals surface area contributed by atoms with Crippen molar-refractivity contribution in [2.45, 2.75) is 18.9 Å². The summed E-state index contributed by atoms with van der Waals surface area (Å²) in [7, 11) is 0.802. The molecule has 7 heteroatoms. The van der Waals surface area contributed by atoms with Crippen molar-refractivity contribution < 1.29 is 13.3 Å². The minimum absolute atomic E-state index is 0. The molecule has 0 aliphatic rings. The molecular formula is C8H25N3O3Si. The van der Waals surface area contributed by atoms with Crippen molar-refractivity contribution in [3.8, 4) is 0 Å². The summed E-state index contributed by atoms with van der Waals surface area (Å²) in [6.07, 6.45) is 1.68. The highest BCUT2D eigenvalue weighted by atomic mass is 28.4. The Balaban J connectivity index is 0. The molecule has 0 saturated carbocycles. The van der Waals surface area contributed by atoms with Crippen LogP contribution in [0.15, 0.2) is 0 Å². The Hall–Kier alpha value is -0.0231. The van der Waals surface area contributed by atoms with Crippen molar-refractivity contribution in [2.24, 2.45) is 11.5 Å². The lowest BCUT2D eigenvalue weighted by Crippen LogP contribution is -2.44. The molecule has 0 aromatic rings. The first kappa shape index (κ1) is 17.4. The van der Waals surface area contributed by atoms with Gasteiger partial charge in [-0.1, -0.05) is 0 Å². The van der Waals surface area contributed by atoms with Gasteiger partial charge in [0.05, 0.1) is 0 Å². The smallest absolute Gasteiger partial charge is 0.377 e. The summed E-state index contributed by atoms with van der Waals surface area (Å²) in [5.41, 5.74) is 10.8. The summed E-state index contributed by atoms with van der Waals surface area (Å²) in [6.45, 7) is 1.84. The highest BCUT2D eigenvalue weighted by molar-refractivity contribution is 6.60. The first-order valence-electron chi connectivity index (χ1n) is 4.89. The molecule has 94 valence electrons. The Morgan fingerprint density at radius 1 is 1.00 bits per heavy atom. The molecule has 7 N–H and O–H groups in total. The van der Waals surface area contributed by atoms with Crippen molar-refractivity contribution in [1.82, 2.24) is 6.15 Å². The quantitative estimate of drug-likeness (QED) is 0.388. The first-order valence-corrected chi connectivity index (χ1v) is 6.82. The monoisotopic (exact) mass is 239 g/mol. The van der Waals surface area contributed by atoms with Crippen LogP contribution in [0.5, 0.6) is 0 Å². The number of rotatable bonds is 9. The fraction of sp³-hybridized carbons (Fsp3) is 1.00. The largest absolute Gasteiger partial charge is 0.500 e. The molecule has 0 spiro atoms. The maximum absolute atomic E-state index is 5.63. The fourth-order valence-corrected chi connectivity index (χ4v) is 3.15. The molecule has 6 nitrogen and oxygen atoms in total. The van der Waals surface area contributed by atoms with Crippen LogP contribution >= 0.6 is 0 Å². The fourth-order valence-electron chi connectivity index (χ4n) is 1.11. The van der Waals surface area contributed by atoms with E-state index in [9.17, 15) is 0 Å². The van der Waals surface area contributed by atoms with Crippen LogP contribution in [0, 0.1) is 0 Å². The van der Waals surface area contributed by atoms with Crippen LogP contribution < -0.4 is 17.6 Å². The van der Waals surface area contributed by atoms with Gasteiger partial charge in [-0.15, -0.1) is 0 Å². The van der Waals surface area contributed by atoms with Gasteiger partial charge in [0.1, 0.15) is 0 Å². The van der Waals surface area contributed by atoms with E-state index in [1.807, 2.05) is 0 Å². The molecule has 0 aromatic carbocycles. The van der Waals surface area contributed by atoms with Crippen LogP contribution in [0.25, 0.3) is 0 Å². The van der Waals surface area contributed by atoms with Crippen LogP contribution in [0.4, 0.5) is 0 Å². The lowest BCUT2D eigenvalue weighted by atomic mass is 10.5. The molecular weight excluding hydrogens is 214 g/mol. The highest BCUT2D eigenvalue weighted by Crippen LogP contribution is 2.15. The summed E-state index contributed by atoms with van der Waals surface area (Å²) in [4.78, 5) is 0. The second kappa shape index (κ2) is 10.5. The third-order valence-electron chi connectivity index (χ3n) is 1.98. The Labute approximate surface area is 93.2 Å². The van der Waals surface area contributed by atoms with Crippen molar-refractivity contribution >= 4 is 8.80 Å². The Bertz CT molecular complexity index is 136. The Morgan fingerprint density at radius 3 is 1.93 bits per heavy atom. The zero-order valence-electron chi connectivity index (χ0n) is 9.83. The molecule has 0 rings (SSSR count). The van der Waals surface area contributed by atoms with Crippen molar-refractivity contribution in [3.63, 3.8) is 0 Å². The van der Waals surface area contributed by atoms with Gasteiger partial charge in [0, 0.05) is 26.9 Å². The van der Waals surface area contributed by atoms with Gasteiger partial charge in [-0.3, -0.25) is 0 Å². The van der Waals surface area contributed by atoms with Crippen molar-refractivity contribution in [3.05, 3.63) is 0 Å². The highest BCUT2D eigenvalue weighted by Gasteiger charge is 2.37. The van der Waals surface area contributed by atoms with Crippen LogP contribution in [0.1, 0.15) is 12.8 Å². The summed E-state index contributed by atoms with van der Waals surface area (Å²) in [6, 6.07) is 0.765. The van der Waals surface area contributed by atoms with E-state index in [-0.39, 0.29) is 6.15 Å². The zero-order valence-corrected chi connectivity index (χ0v) is 10.8. The van der Waals surface area contributed by atoms with E-state index in [1.54, 1.807) is 14.2 Å². The van der Waals surface area contributed by atoms with E-state index in [2.05, 4.69) is 0 Å². The molecule has 15 heavy (non-hydrogen) atoms. The second-order valence-corrected chi connectivity index (χ2v) is 5.95. The molecule has 0 fully saturated rings. The summed E-state index contributed by atoms with van der Waals surface area (Å²) in [5, 5.41) is 0. The van der Waals surface area contributed by atoms with Crippen LogP contribution in [-0.2, 0) is 13.3 Å². The molecule has 0 aromatic heterocycles. The third-order valence-corrected chi connectivity index (χ3v) is 4.83. The van der Waals surface area contributed by atoms with Crippen LogP contribution in [0.2, 0.25) is 6.04 Å². The number of nitrogens with two attached hydrogens (primary N) is 2. The predicted octanol–water partition coefficient (Wildman–Crippen LogP) is 0.0943. The molecule has 0 aliphatic carbocycles. The predicted molar refractivity (Wildman–Crippen MR) is 62.9 cm³/mol. The minimum atomic E-state index is -2.44. The van der Waals surface area contributed by atoms with Gasteiger partial charge in [-0.2, -0.15) is 0 Å². The summed E-state index contributed by atoms with van der Waals surface area (Å²) >= 11 is 0. The molecule has 0 aliphatic heterocycles. The van der Waals surface area contributed by atoms with E-state index < -0.39 is 8.80 Å². The summed E-state index contributed by atoms with van der Waals surface area (Å²) < 4.78 is 16.3. The molecule has 0 bridgehead atoms. The molecule has 0 heterocycles. The molecule has 0 saturated heterocycles. The van der Waals surface area contributed by atoms with Gasteiger partial charge in [0.2, 0.25) is 0 Å². The van der Waals surface area contributed by atoms with Crippen LogP contribution in [-0.4, -0.2) is 42.7 Å². The van der Waals surface area contributed by atoms with E-state index in [4.69, 9.17) is 24.7 Å². The van der Waals surface area contributed by atoms with E-state index in [0.29, 0.717) is 19.7 Å². The second-order valence-electron chi connectivity index (χ2n) is 2.97. The average Bonchev–Trinajstić information content (AvgIpc) is 2.24. The zero-order chi connectivity index (χ0) is 10.9. The number of hydrogen-bond acceptors (Lipinski definition) is 6. The third kappa shape index (κ3) is 6.96.